The van der Waals surface area contributed by atoms with Crippen molar-refractivity contribution in [3.63, 3.8) is 0 Å². The maximum absolute atomic E-state index is 6.16. The predicted octanol–water partition coefficient (Wildman–Crippen LogP) is 2.96. The van der Waals surface area contributed by atoms with E-state index in [0.29, 0.717) is 0 Å². The second kappa shape index (κ2) is 4.14. The molecule has 2 aliphatic rings. The average Bonchev–Trinajstić information content (AvgIpc) is 3.01. The zero-order valence-corrected chi connectivity index (χ0v) is 13.2. The molecule has 1 fully saturated rings. The molecular weight excluding hydrogens is 261 g/mol. The molecule has 1 aromatic heterocycles. The maximum Gasteiger partial charge on any atom is 0.494 e. The zero-order valence-electron chi connectivity index (χ0n) is 13.2. The van der Waals surface area contributed by atoms with Crippen LogP contribution in [-0.2, 0) is 22.2 Å². The maximum atomic E-state index is 6.16. The molecule has 1 aliphatic carbocycles. The number of hydrogen-bond donors (Lipinski definition) is 1. The third-order valence-electron chi connectivity index (χ3n) is 5.40. The van der Waals surface area contributed by atoms with Gasteiger partial charge < -0.3 is 14.3 Å². The van der Waals surface area contributed by atoms with E-state index in [1.54, 1.807) is 0 Å². The molecule has 21 heavy (non-hydrogen) atoms. The van der Waals surface area contributed by atoms with E-state index in [0.717, 1.165) is 5.46 Å². The fourth-order valence-corrected chi connectivity index (χ4v) is 3.39. The highest BCUT2D eigenvalue weighted by molar-refractivity contribution is 6.62. The number of fused-ring (bicyclic) bond motifs is 3. The van der Waals surface area contributed by atoms with Crippen LogP contribution in [0.2, 0.25) is 0 Å². The van der Waals surface area contributed by atoms with Gasteiger partial charge in [-0.3, -0.25) is 0 Å². The number of aromatic nitrogens is 1. The first-order chi connectivity index (χ1) is 9.87. The third-order valence-corrected chi connectivity index (χ3v) is 5.40. The molecular formula is C17H22BNO2. The van der Waals surface area contributed by atoms with Gasteiger partial charge in [0, 0.05) is 16.6 Å². The molecule has 110 valence electrons. The Balaban J connectivity index is 1.75. The Kier molecular flexibility index (Phi) is 2.65. The van der Waals surface area contributed by atoms with E-state index < -0.39 is 0 Å². The lowest BCUT2D eigenvalue weighted by atomic mass is 9.78. The van der Waals surface area contributed by atoms with Gasteiger partial charge in [0.25, 0.3) is 0 Å². The summed E-state index contributed by atoms with van der Waals surface area (Å²) < 4.78 is 12.3. The van der Waals surface area contributed by atoms with Crippen LogP contribution >= 0.6 is 0 Å². The molecule has 1 aliphatic heterocycles. The zero-order chi connectivity index (χ0) is 14.8. The molecule has 3 nitrogen and oxygen atoms in total. The van der Waals surface area contributed by atoms with Crippen molar-refractivity contribution in [1.82, 2.24) is 4.98 Å². The number of benzene rings is 1. The molecule has 4 heteroatoms. The van der Waals surface area contributed by atoms with Crippen LogP contribution in [0.4, 0.5) is 0 Å². The molecule has 0 saturated carbocycles. The molecule has 0 unspecified atom stereocenters. The van der Waals surface area contributed by atoms with E-state index in [-0.39, 0.29) is 18.3 Å². The highest BCUT2D eigenvalue weighted by Gasteiger charge is 2.51. The number of nitrogens with one attached hydrogen (secondary N) is 1. The SMILES string of the molecule is CC1(C)OB(c2ccc3[nH]c4c(c3c2)CCC4)OC1(C)C. The second-order valence-corrected chi connectivity index (χ2v) is 7.33. The summed E-state index contributed by atoms with van der Waals surface area (Å²) in [6, 6.07) is 6.53. The van der Waals surface area contributed by atoms with Crippen LogP contribution in [0.1, 0.15) is 45.4 Å². The van der Waals surface area contributed by atoms with Gasteiger partial charge in [0.1, 0.15) is 0 Å². The Morgan fingerprint density at radius 2 is 1.76 bits per heavy atom. The van der Waals surface area contributed by atoms with Crippen molar-refractivity contribution in [3.05, 3.63) is 29.5 Å². The molecule has 1 saturated heterocycles. The van der Waals surface area contributed by atoms with Crippen LogP contribution < -0.4 is 5.46 Å². The molecule has 0 radical (unpaired) electrons. The Morgan fingerprint density at radius 3 is 2.48 bits per heavy atom. The quantitative estimate of drug-likeness (QED) is 0.816. The van der Waals surface area contributed by atoms with Crippen molar-refractivity contribution >= 4 is 23.5 Å². The van der Waals surface area contributed by atoms with Crippen molar-refractivity contribution in [2.24, 2.45) is 0 Å². The molecule has 0 amide bonds. The number of aryl methyl sites for hydroxylation is 2. The standard InChI is InChI=1S/C17H22BNO2/c1-16(2)17(3,4)21-18(20-16)11-8-9-15-13(10-11)12-6-5-7-14(12)19-15/h8-10,19H,5-7H2,1-4H3. The predicted molar refractivity (Wildman–Crippen MR) is 86.0 cm³/mol. The monoisotopic (exact) mass is 283 g/mol. The fourth-order valence-electron chi connectivity index (χ4n) is 3.39. The first-order valence-corrected chi connectivity index (χ1v) is 7.86. The van der Waals surface area contributed by atoms with E-state index in [1.165, 1.54) is 41.4 Å². The van der Waals surface area contributed by atoms with Gasteiger partial charge in [-0.25, -0.2) is 0 Å². The van der Waals surface area contributed by atoms with Gasteiger partial charge in [0.2, 0.25) is 0 Å². The van der Waals surface area contributed by atoms with Gasteiger partial charge >= 0.3 is 7.12 Å². The first-order valence-electron chi connectivity index (χ1n) is 7.86. The Morgan fingerprint density at radius 1 is 1.05 bits per heavy atom. The third kappa shape index (κ3) is 1.89. The molecule has 4 rings (SSSR count). The van der Waals surface area contributed by atoms with E-state index in [9.17, 15) is 0 Å². The Labute approximate surface area is 126 Å². The second-order valence-electron chi connectivity index (χ2n) is 7.33. The lowest BCUT2D eigenvalue weighted by molar-refractivity contribution is 0.00578. The summed E-state index contributed by atoms with van der Waals surface area (Å²) >= 11 is 0. The van der Waals surface area contributed by atoms with Gasteiger partial charge in [0.15, 0.2) is 0 Å². The molecule has 0 atom stereocenters. The minimum Gasteiger partial charge on any atom is -0.399 e. The van der Waals surface area contributed by atoms with Crippen LogP contribution in [-0.4, -0.2) is 23.3 Å². The fraction of sp³-hybridized carbons (Fsp3) is 0.529. The largest absolute Gasteiger partial charge is 0.494 e. The summed E-state index contributed by atoms with van der Waals surface area (Å²) in [5.41, 5.74) is 4.69. The van der Waals surface area contributed by atoms with Crippen molar-refractivity contribution in [2.45, 2.75) is 58.2 Å². The van der Waals surface area contributed by atoms with Crippen molar-refractivity contribution in [1.29, 1.82) is 0 Å². The summed E-state index contributed by atoms with van der Waals surface area (Å²) in [5, 5.41) is 1.34. The number of hydrogen-bond acceptors (Lipinski definition) is 2. The lowest BCUT2D eigenvalue weighted by Gasteiger charge is -2.32. The minimum atomic E-state index is -0.285. The van der Waals surface area contributed by atoms with E-state index >= 15 is 0 Å². The lowest BCUT2D eigenvalue weighted by Crippen LogP contribution is -2.41. The first kappa shape index (κ1) is 13.4. The number of rotatable bonds is 1. The minimum absolute atomic E-state index is 0.272. The molecule has 2 aromatic rings. The topological polar surface area (TPSA) is 34.2 Å². The highest BCUT2D eigenvalue weighted by atomic mass is 16.7. The van der Waals surface area contributed by atoms with E-state index in [4.69, 9.17) is 9.31 Å². The van der Waals surface area contributed by atoms with Gasteiger partial charge in [-0.05, 0) is 64.1 Å². The van der Waals surface area contributed by atoms with Crippen molar-refractivity contribution in [2.75, 3.05) is 0 Å². The van der Waals surface area contributed by atoms with Gasteiger partial charge in [-0.2, -0.15) is 0 Å². The summed E-state index contributed by atoms with van der Waals surface area (Å²) in [4.78, 5) is 3.54. The normalized spacial score (nSPS) is 23.0. The van der Waals surface area contributed by atoms with Gasteiger partial charge in [-0.15, -0.1) is 0 Å². The average molecular weight is 283 g/mol. The van der Waals surface area contributed by atoms with Crippen LogP contribution in [0, 0.1) is 0 Å². The summed E-state index contributed by atoms with van der Waals surface area (Å²) in [7, 11) is -0.272. The van der Waals surface area contributed by atoms with Crippen molar-refractivity contribution < 1.29 is 9.31 Å². The molecule has 0 bridgehead atoms. The van der Waals surface area contributed by atoms with E-state index in [1.807, 2.05) is 0 Å². The molecule has 1 N–H and O–H groups in total. The Hall–Kier alpha value is -1.26. The number of H-pyrrole nitrogens is 1. The van der Waals surface area contributed by atoms with Crippen LogP contribution in [0.5, 0.6) is 0 Å². The van der Waals surface area contributed by atoms with Gasteiger partial charge in [-0.1, -0.05) is 12.1 Å². The Bertz CT molecular complexity index is 701. The summed E-state index contributed by atoms with van der Waals surface area (Å²) in [6.07, 6.45) is 3.62. The molecule has 2 heterocycles. The van der Waals surface area contributed by atoms with Crippen molar-refractivity contribution in [3.8, 4) is 0 Å². The highest BCUT2D eigenvalue weighted by Crippen LogP contribution is 2.37. The summed E-state index contributed by atoms with van der Waals surface area (Å²) in [6.45, 7) is 8.39. The van der Waals surface area contributed by atoms with Crippen LogP contribution in [0.15, 0.2) is 18.2 Å². The smallest absolute Gasteiger partial charge is 0.399 e. The van der Waals surface area contributed by atoms with Gasteiger partial charge in [0.05, 0.1) is 11.2 Å². The van der Waals surface area contributed by atoms with Crippen LogP contribution in [0.3, 0.4) is 0 Å². The number of aromatic amines is 1. The molecule has 1 aromatic carbocycles. The summed E-state index contributed by atoms with van der Waals surface area (Å²) in [5.74, 6) is 0. The molecule has 0 spiro atoms. The van der Waals surface area contributed by atoms with E-state index in [2.05, 4.69) is 50.9 Å². The van der Waals surface area contributed by atoms with Crippen LogP contribution in [0.25, 0.3) is 10.9 Å².